The van der Waals surface area contributed by atoms with E-state index in [1.165, 1.54) is 0 Å². The van der Waals surface area contributed by atoms with Gasteiger partial charge in [0.15, 0.2) is 0 Å². The summed E-state index contributed by atoms with van der Waals surface area (Å²) >= 11 is 0. The summed E-state index contributed by atoms with van der Waals surface area (Å²) in [5.74, 6) is 0.488. The smallest absolute Gasteiger partial charge is 0.274 e. The largest absolute Gasteiger partial charge is 0.497 e. The Morgan fingerprint density at radius 2 is 2.00 bits per heavy atom. The van der Waals surface area contributed by atoms with Gasteiger partial charge in [-0.1, -0.05) is 13.3 Å². The number of nitrogens with one attached hydrogen (secondary N) is 1. The predicted molar refractivity (Wildman–Crippen MR) is 61.3 cm³/mol. The molecule has 0 aliphatic carbocycles. The molecule has 1 N–H and O–H groups in total. The highest BCUT2D eigenvalue weighted by atomic mass is 16.6. The minimum atomic E-state index is -0.237. The molecule has 1 rings (SSSR count). The number of carbonyl (C=O) groups excluding carboxylic acids is 1. The Bertz CT molecular complexity index is 322. The van der Waals surface area contributed by atoms with Gasteiger partial charge >= 0.3 is 0 Å². The van der Waals surface area contributed by atoms with Gasteiger partial charge in [-0.25, -0.2) is 5.48 Å². The Labute approximate surface area is 95.5 Å². The zero-order valence-electron chi connectivity index (χ0n) is 9.66. The van der Waals surface area contributed by atoms with Gasteiger partial charge in [0.2, 0.25) is 0 Å². The molecule has 0 aromatic heterocycles. The molecule has 1 aromatic rings. The van der Waals surface area contributed by atoms with Crippen molar-refractivity contribution in [3.8, 4) is 5.75 Å². The maximum atomic E-state index is 11.5. The number of unbranched alkanes of at least 4 members (excludes halogenated alkanes) is 1. The quantitative estimate of drug-likeness (QED) is 0.594. The van der Waals surface area contributed by atoms with Crippen molar-refractivity contribution in [2.45, 2.75) is 19.8 Å². The van der Waals surface area contributed by atoms with Gasteiger partial charge in [-0.05, 0) is 30.7 Å². The summed E-state index contributed by atoms with van der Waals surface area (Å²) in [5.41, 5.74) is 2.94. The molecule has 0 bridgehead atoms. The van der Waals surface area contributed by atoms with Crippen molar-refractivity contribution in [3.63, 3.8) is 0 Å². The maximum Gasteiger partial charge on any atom is 0.274 e. The predicted octanol–water partition coefficient (Wildman–Crippen LogP) is 2.16. The lowest BCUT2D eigenvalue weighted by Gasteiger charge is -2.05. The fourth-order valence-electron chi connectivity index (χ4n) is 1.13. The van der Waals surface area contributed by atoms with E-state index in [-0.39, 0.29) is 5.91 Å². The van der Waals surface area contributed by atoms with Crippen LogP contribution in [0.5, 0.6) is 5.75 Å². The summed E-state index contributed by atoms with van der Waals surface area (Å²) in [6, 6.07) is 6.86. The standard InChI is InChI=1S/C12H17NO3/c1-3-4-9-16-13-12(14)10-5-7-11(15-2)8-6-10/h5-8H,3-4,9H2,1-2H3,(H,13,14). The molecule has 0 saturated heterocycles. The van der Waals surface area contributed by atoms with Crippen LogP contribution in [-0.2, 0) is 4.84 Å². The minimum Gasteiger partial charge on any atom is -0.497 e. The van der Waals surface area contributed by atoms with Crippen molar-refractivity contribution in [2.75, 3.05) is 13.7 Å². The van der Waals surface area contributed by atoms with Gasteiger partial charge in [0.05, 0.1) is 13.7 Å². The SMILES string of the molecule is CCCCONC(=O)c1ccc(OC)cc1. The van der Waals surface area contributed by atoms with Crippen LogP contribution >= 0.6 is 0 Å². The van der Waals surface area contributed by atoms with E-state index in [9.17, 15) is 4.79 Å². The molecule has 0 aliphatic heterocycles. The van der Waals surface area contributed by atoms with Gasteiger partial charge in [0.1, 0.15) is 5.75 Å². The van der Waals surface area contributed by atoms with Gasteiger partial charge in [-0.2, -0.15) is 0 Å². The summed E-state index contributed by atoms with van der Waals surface area (Å²) in [6.07, 6.45) is 1.97. The van der Waals surface area contributed by atoms with E-state index >= 15 is 0 Å². The van der Waals surface area contributed by atoms with Crippen LogP contribution in [-0.4, -0.2) is 19.6 Å². The van der Waals surface area contributed by atoms with E-state index in [1.54, 1.807) is 31.4 Å². The molecule has 1 aromatic carbocycles. The molecule has 0 aliphatic rings. The average Bonchev–Trinajstić information content (AvgIpc) is 2.34. The van der Waals surface area contributed by atoms with Crippen molar-refractivity contribution in [2.24, 2.45) is 0 Å². The van der Waals surface area contributed by atoms with Gasteiger partial charge in [0.25, 0.3) is 5.91 Å². The summed E-state index contributed by atoms with van der Waals surface area (Å²) in [4.78, 5) is 16.5. The van der Waals surface area contributed by atoms with Crippen molar-refractivity contribution in [3.05, 3.63) is 29.8 Å². The number of hydrogen-bond acceptors (Lipinski definition) is 3. The molecule has 16 heavy (non-hydrogen) atoms. The number of carbonyl (C=O) groups is 1. The first-order valence-corrected chi connectivity index (χ1v) is 5.34. The monoisotopic (exact) mass is 223 g/mol. The summed E-state index contributed by atoms with van der Waals surface area (Å²) in [6.45, 7) is 2.60. The molecule has 0 saturated carbocycles. The first-order valence-electron chi connectivity index (χ1n) is 5.34. The van der Waals surface area contributed by atoms with Gasteiger partial charge in [-0.15, -0.1) is 0 Å². The van der Waals surface area contributed by atoms with E-state index in [1.807, 2.05) is 0 Å². The third-order valence-electron chi connectivity index (χ3n) is 2.12. The Morgan fingerprint density at radius 1 is 1.31 bits per heavy atom. The topological polar surface area (TPSA) is 47.6 Å². The highest BCUT2D eigenvalue weighted by Crippen LogP contribution is 2.10. The maximum absolute atomic E-state index is 11.5. The summed E-state index contributed by atoms with van der Waals surface area (Å²) < 4.78 is 5.00. The van der Waals surface area contributed by atoms with Crippen LogP contribution in [0, 0.1) is 0 Å². The molecular formula is C12H17NO3. The number of hydrogen-bond donors (Lipinski definition) is 1. The number of benzene rings is 1. The van der Waals surface area contributed by atoms with Gasteiger partial charge in [0, 0.05) is 5.56 Å². The first-order chi connectivity index (χ1) is 7.77. The minimum absolute atomic E-state index is 0.237. The summed E-state index contributed by atoms with van der Waals surface area (Å²) in [7, 11) is 1.59. The Kier molecular flexibility index (Phi) is 5.36. The number of hydroxylamine groups is 1. The molecule has 4 nitrogen and oxygen atoms in total. The van der Waals surface area contributed by atoms with Crippen LogP contribution in [0.4, 0.5) is 0 Å². The lowest BCUT2D eigenvalue weighted by Crippen LogP contribution is -2.24. The Hall–Kier alpha value is -1.55. The van der Waals surface area contributed by atoms with Crippen LogP contribution in [0.25, 0.3) is 0 Å². The lowest BCUT2D eigenvalue weighted by atomic mass is 10.2. The molecule has 0 unspecified atom stereocenters. The van der Waals surface area contributed by atoms with E-state index in [0.29, 0.717) is 12.2 Å². The number of amides is 1. The van der Waals surface area contributed by atoms with Crippen LogP contribution in [0.3, 0.4) is 0 Å². The molecule has 0 atom stereocenters. The fraction of sp³-hybridized carbons (Fsp3) is 0.417. The molecule has 4 heteroatoms. The second-order valence-electron chi connectivity index (χ2n) is 3.36. The van der Waals surface area contributed by atoms with E-state index in [4.69, 9.17) is 9.57 Å². The molecular weight excluding hydrogens is 206 g/mol. The van der Waals surface area contributed by atoms with Crippen LogP contribution in [0.1, 0.15) is 30.1 Å². The Balaban J connectivity index is 2.40. The normalized spacial score (nSPS) is 9.88. The zero-order chi connectivity index (χ0) is 11.8. The lowest BCUT2D eigenvalue weighted by molar-refractivity contribution is 0.0302. The molecule has 1 amide bonds. The van der Waals surface area contributed by atoms with E-state index in [0.717, 1.165) is 18.6 Å². The van der Waals surface area contributed by atoms with Crippen molar-refractivity contribution >= 4 is 5.91 Å². The highest BCUT2D eigenvalue weighted by Gasteiger charge is 2.04. The van der Waals surface area contributed by atoms with Crippen LogP contribution in [0.2, 0.25) is 0 Å². The van der Waals surface area contributed by atoms with Gasteiger partial charge < -0.3 is 4.74 Å². The molecule has 0 heterocycles. The molecule has 0 fully saturated rings. The van der Waals surface area contributed by atoms with Crippen molar-refractivity contribution in [1.29, 1.82) is 0 Å². The number of methoxy groups -OCH3 is 1. The van der Waals surface area contributed by atoms with Crippen LogP contribution in [0.15, 0.2) is 24.3 Å². The second-order valence-corrected chi connectivity index (χ2v) is 3.36. The van der Waals surface area contributed by atoms with Gasteiger partial charge in [-0.3, -0.25) is 9.63 Å². The molecule has 88 valence electrons. The van der Waals surface area contributed by atoms with Crippen molar-refractivity contribution < 1.29 is 14.4 Å². The molecule has 0 radical (unpaired) electrons. The van der Waals surface area contributed by atoms with Crippen LogP contribution < -0.4 is 10.2 Å². The van der Waals surface area contributed by atoms with E-state index < -0.39 is 0 Å². The van der Waals surface area contributed by atoms with E-state index in [2.05, 4.69) is 12.4 Å². The van der Waals surface area contributed by atoms with Crippen molar-refractivity contribution in [1.82, 2.24) is 5.48 Å². The highest BCUT2D eigenvalue weighted by molar-refractivity contribution is 5.93. The first kappa shape index (κ1) is 12.5. The average molecular weight is 223 g/mol. The fourth-order valence-corrected chi connectivity index (χ4v) is 1.13. The third-order valence-corrected chi connectivity index (χ3v) is 2.12. The third kappa shape index (κ3) is 3.90. The summed E-state index contributed by atoms with van der Waals surface area (Å²) in [5, 5.41) is 0. The number of rotatable bonds is 6. The molecule has 0 spiro atoms. The second kappa shape index (κ2) is 6.85. The zero-order valence-corrected chi connectivity index (χ0v) is 9.66. The number of ether oxygens (including phenoxy) is 1. The Morgan fingerprint density at radius 3 is 2.56 bits per heavy atom.